The van der Waals surface area contributed by atoms with E-state index in [0.717, 1.165) is 12.1 Å². The zero-order valence-electron chi connectivity index (χ0n) is 9.79. The van der Waals surface area contributed by atoms with Crippen LogP contribution in [-0.4, -0.2) is 19.0 Å². The lowest BCUT2D eigenvalue weighted by Crippen LogP contribution is -2.40. The van der Waals surface area contributed by atoms with Crippen molar-refractivity contribution in [2.24, 2.45) is 5.73 Å². The van der Waals surface area contributed by atoms with Crippen molar-refractivity contribution in [1.29, 1.82) is 0 Å². The van der Waals surface area contributed by atoms with Gasteiger partial charge in [0.05, 0.1) is 11.6 Å². The molecular weight excluding hydrogens is 245 g/mol. The quantitative estimate of drug-likeness (QED) is 0.773. The average Bonchev–Trinajstić information content (AvgIpc) is 2.41. The van der Waals surface area contributed by atoms with Crippen LogP contribution in [0.25, 0.3) is 0 Å². The largest absolute Gasteiger partial charge is 0.416 e. The molecule has 0 aromatic heterocycles. The minimum absolute atomic E-state index is 0.270. The Labute approximate surface area is 102 Å². The highest BCUT2D eigenvalue weighted by atomic mass is 19.4. The molecule has 18 heavy (non-hydrogen) atoms. The van der Waals surface area contributed by atoms with Gasteiger partial charge in [0.1, 0.15) is 0 Å². The molecule has 2 rings (SSSR count). The molecule has 2 N–H and O–H groups in total. The molecule has 0 aliphatic carbocycles. The predicted octanol–water partition coefficient (Wildman–Crippen LogP) is 1.94. The highest BCUT2D eigenvalue weighted by Crippen LogP contribution is 2.34. The second-order valence-electron chi connectivity index (χ2n) is 4.38. The number of carbonyl (C=O) groups excluding carboxylic acids is 1. The number of rotatable bonds is 0. The molecule has 1 aliphatic rings. The predicted molar refractivity (Wildman–Crippen MR) is 61.2 cm³/mol. The van der Waals surface area contributed by atoms with Crippen LogP contribution in [0.15, 0.2) is 18.2 Å². The van der Waals surface area contributed by atoms with Crippen LogP contribution in [-0.2, 0) is 17.4 Å². The molecule has 0 fully saturated rings. The van der Waals surface area contributed by atoms with Crippen molar-refractivity contribution in [1.82, 2.24) is 0 Å². The SMILES string of the molecule is CN1C(=O)[C@@H](N)CCc2cc(C(F)(F)F)ccc21. The van der Waals surface area contributed by atoms with Gasteiger partial charge in [-0.05, 0) is 36.6 Å². The van der Waals surface area contributed by atoms with Crippen LogP contribution in [0, 0.1) is 0 Å². The van der Waals surface area contributed by atoms with E-state index in [-0.39, 0.29) is 5.91 Å². The van der Waals surface area contributed by atoms with Crippen LogP contribution in [0.2, 0.25) is 0 Å². The summed E-state index contributed by atoms with van der Waals surface area (Å²) in [6.45, 7) is 0. The summed E-state index contributed by atoms with van der Waals surface area (Å²) >= 11 is 0. The third-order valence-corrected chi connectivity index (χ3v) is 3.14. The van der Waals surface area contributed by atoms with Crippen molar-refractivity contribution >= 4 is 11.6 Å². The summed E-state index contributed by atoms with van der Waals surface area (Å²) in [6.07, 6.45) is -3.64. The van der Waals surface area contributed by atoms with E-state index in [9.17, 15) is 18.0 Å². The van der Waals surface area contributed by atoms with E-state index in [4.69, 9.17) is 5.73 Å². The molecule has 1 aromatic carbocycles. The summed E-state index contributed by atoms with van der Waals surface area (Å²) < 4.78 is 37.8. The number of nitrogens with two attached hydrogens (primary N) is 1. The van der Waals surface area contributed by atoms with Crippen molar-refractivity contribution in [3.8, 4) is 0 Å². The highest BCUT2D eigenvalue weighted by Gasteiger charge is 2.32. The molecule has 0 bridgehead atoms. The summed E-state index contributed by atoms with van der Waals surface area (Å²) in [6, 6.07) is 2.75. The Morgan fingerprint density at radius 3 is 2.67 bits per heavy atom. The number of likely N-dealkylation sites (N-methyl/N-ethyl adjacent to an activating group) is 1. The topological polar surface area (TPSA) is 46.3 Å². The summed E-state index contributed by atoms with van der Waals surface area (Å²) in [4.78, 5) is 13.1. The number of carbonyl (C=O) groups is 1. The fraction of sp³-hybridized carbons (Fsp3) is 0.417. The molecule has 1 aliphatic heterocycles. The van der Waals surface area contributed by atoms with Gasteiger partial charge in [0, 0.05) is 12.7 Å². The minimum Gasteiger partial charge on any atom is -0.320 e. The van der Waals surface area contributed by atoms with Crippen LogP contribution in [0.3, 0.4) is 0 Å². The first-order valence-corrected chi connectivity index (χ1v) is 5.54. The number of fused-ring (bicyclic) bond motifs is 1. The summed E-state index contributed by atoms with van der Waals surface area (Å²) in [7, 11) is 1.53. The lowest BCUT2D eigenvalue weighted by molar-refractivity contribution is -0.137. The van der Waals surface area contributed by atoms with Crippen molar-refractivity contribution in [3.05, 3.63) is 29.3 Å². The zero-order chi connectivity index (χ0) is 13.5. The van der Waals surface area contributed by atoms with E-state index in [0.29, 0.717) is 24.1 Å². The Hall–Kier alpha value is -1.56. The normalized spacial score (nSPS) is 20.6. The summed E-state index contributed by atoms with van der Waals surface area (Å²) in [5.41, 5.74) is 5.97. The molecule has 98 valence electrons. The van der Waals surface area contributed by atoms with Gasteiger partial charge in [-0.3, -0.25) is 4.79 Å². The monoisotopic (exact) mass is 258 g/mol. The van der Waals surface area contributed by atoms with Gasteiger partial charge in [-0.25, -0.2) is 0 Å². The molecule has 3 nitrogen and oxygen atoms in total. The summed E-state index contributed by atoms with van der Waals surface area (Å²) in [5, 5.41) is 0. The van der Waals surface area contributed by atoms with E-state index in [1.54, 1.807) is 0 Å². The van der Waals surface area contributed by atoms with E-state index in [2.05, 4.69) is 0 Å². The Kier molecular flexibility index (Phi) is 3.06. The van der Waals surface area contributed by atoms with Crippen molar-refractivity contribution in [2.75, 3.05) is 11.9 Å². The smallest absolute Gasteiger partial charge is 0.320 e. The maximum absolute atomic E-state index is 12.6. The number of anilines is 1. The zero-order valence-corrected chi connectivity index (χ0v) is 9.79. The molecule has 1 heterocycles. The fourth-order valence-electron chi connectivity index (χ4n) is 2.09. The van der Waals surface area contributed by atoms with E-state index >= 15 is 0 Å². The molecule has 1 amide bonds. The number of halogens is 3. The number of hydrogen-bond acceptors (Lipinski definition) is 2. The maximum Gasteiger partial charge on any atom is 0.416 e. The third kappa shape index (κ3) is 2.20. The molecule has 1 aromatic rings. The number of benzene rings is 1. The first-order valence-electron chi connectivity index (χ1n) is 5.54. The van der Waals surface area contributed by atoms with E-state index in [1.807, 2.05) is 0 Å². The molecule has 0 saturated carbocycles. The number of alkyl halides is 3. The Morgan fingerprint density at radius 1 is 1.39 bits per heavy atom. The number of aryl methyl sites for hydroxylation is 1. The molecule has 0 unspecified atom stereocenters. The van der Waals surface area contributed by atoms with Crippen LogP contribution >= 0.6 is 0 Å². The lowest BCUT2D eigenvalue weighted by Gasteiger charge is -2.20. The highest BCUT2D eigenvalue weighted by molar-refractivity contribution is 5.98. The van der Waals surface area contributed by atoms with Crippen molar-refractivity contribution < 1.29 is 18.0 Å². The summed E-state index contributed by atoms with van der Waals surface area (Å²) in [5.74, 6) is -0.270. The van der Waals surface area contributed by atoms with Crippen molar-refractivity contribution in [3.63, 3.8) is 0 Å². The van der Waals surface area contributed by atoms with Gasteiger partial charge in [0.2, 0.25) is 5.91 Å². The van der Waals surface area contributed by atoms with Crippen LogP contribution in [0.4, 0.5) is 18.9 Å². The first kappa shape index (κ1) is 12.9. The first-order chi connectivity index (χ1) is 8.30. The number of hydrogen-bond donors (Lipinski definition) is 1. The fourth-order valence-corrected chi connectivity index (χ4v) is 2.09. The lowest BCUT2D eigenvalue weighted by atomic mass is 10.0. The minimum atomic E-state index is -4.37. The second kappa shape index (κ2) is 4.28. The van der Waals surface area contributed by atoms with Gasteiger partial charge in [-0.2, -0.15) is 13.2 Å². The Balaban J connectivity index is 2.46. The maximum atomic E-state index is 12.6. The number of nitrogens with zero attached hydrogens (tertiary/aromatic N) is 1. The molecule has 0 radical (unpaired) electrons. The molecular formula is C12H13F3N2O. The van der Waals surface area contributed by atoms with Crippen molar-refractivity contribution in [2.45, 2.75) is 25.1 Å². The van der Waals surface area contributed by atoms with E-state index < -0.39 is 17.8 Å². The standard InChI is InChI=1S/C12H13F3N2O/c1-17-10-5-3-8(12(13,14)15)6-7(10)2-4-9(16)11(17)18/h3,5-6,9H,2,4,16H2,1H3/t9-/m0/s1. The molecule has 6 heteroatoms. The van der Waals surface area contributed by atoms with Crippen LogP contribution in [0.5, 0.6) is 0 Å². The number of amides is 1. The van der Waals surface area contributed by atoms with Gasteiger partial charge in [-0.15, -0.1) is 0 Å². The van der Waals surface area contributed by atoms with Gasteiger partial charge in [0.15, 0.2) is 0 Å². The molecule has 0 spiro atoms. The van der Waals surface area contributed by atoms with Crippen LogP contribution < -0.4 is 10.6 Å². The van der Waals surface area contributed by atoms with Gasteiger partial charge in [-0.1, -0.05) is 0 Å². The van der Waals surface area contributed by atoms with Crippen LogP contribution in [0.1, 0.15) is 17.5 Å². The Morgan fingerprint density at radius 2 is 2.06 bits per heavy atom. The van der Waals surface area contributed by atoms with Gasteiger partial charge < -0.3 is 10.6 Å². The Bertz CT molecular complexity index is 485. The third-order valence-electron chi connectivity index (χ3n) is 3.14. The molecule has 1 atom stereocenters. The average molecular weight is 258 g/mol. The second-order valence-corrected chi connectivity index (χ2v) is 4.38. The van der Waals surface area contributed by atoms with E-state index in [1.165, 1.54) is 18.0 Å². The molecule has 0 saturated heterocycles. The van der Waals surface area contributed by atoms with Gasteiger partial charge in [0.25, 0.3) is 0 Å². The van der Waals surface area contributed by atoms with Gasteiger partial charge >= 0.3 is 6.18 Å².